The van der Waals surface area contributed by atoms with E-state index in [0.29, 0.717) is 16.1 Å². The Bertz CT molecular complexity index is 901. The normalized spacial score (nSPS) is 20.0. The predicted molar refractivity (Wildman–Crippen MR) is 93.9 cm³/mol. The number of halogens is 2. The Kier molecular flexibility index (Phi) is 4.44. The molecule has 0 spiro atoms. The molecule has 0 saturated carbocycles. The number of benzene rings is 1. The molecular weight excluding hydrogens is 389 g/mol. The molecule has 0 aliphatic carbocycles. The second kappa shape index (κ2) is 6.29. The average molecular weight is 400 g/mol. The van der Waals surface area contributed by atoms with Gasteiger partial charge in [0.1, 0.15) is 5.54 Å². The van der Waals surface area contributed by atoms with Crippen LogP contribution in [-0.2, 0) is 16.9 Å². The van der Waals surface area contributed by atoms with E-state index in [0.717, 1.165) is 16.2 Å². The van der Waals surface area contributed by atoms with Gasteiger partial charge < -0.3 is 5.32 Å². The molecule has 10 heteroatoms. The topological polar surface area (TPSA) is 92.6 Å². The highest BCUT2D eigenvalue weighted by atomic mass is 35.5. The number of amides is 3. The first kappa shape index (κ1) is 17.7. The van der Waals surface area contributed by atoms with Crippen molar-refractivity contribution in [3.8, 4) is 0 Å². The largest absolute Gasteiger partial charge is 0.325 e. The zero-order valence-electron chi connectivity index (χ0n) is 12.8. The van der Waals surface area contributed by atoms with E-state index < -0.39 is 22.4 Å². The highest BCUT2D eigenvalue weighted by molar-refractivity contribution is 7.13. The van der Waals surface area contributed by atoms with E-state index in [1.807, 2.05) is 0 Å². The standard InChI is InChI=1S/C15H11Cl2N3O4S/c1-15(10-3-2-9(16)5-11(10)17)13(21)19(14(22)18-15)6-8-4-12(20(23)24)25-7-8/h2-5,7H,6H2,1H3,(H,18,22). The van der Waals surface area contributed by atoms with Crippen molar-refractivity contribution < 1.29 is 14.5 Å². The van der Waals surface area contributed by atoms with Crippen molar-refractivity contribution in [1.82, 2.24) is 10.2 Å². The van der Waals surface area contributed by atoms with Crippen molar-refractivity contribution in [3.05, 3.63) is 60.9 Å². The Hall–Kier alpha value is -2.16. The third-order valence-electron chi connectivity index (χ3n) is 3.91. The maximum Gasteiger partial charge on any atom is 0.325 e. The molecule has 3 rings (SSSR count). The fraction of sp³-hybridized carbons (Fsp3) is 0.200. The zero-order valence-corrected chi connectivity index (χ0v) is 15.1. The van der Waals surface area contributed by atoms with Crippen LogP contribution in [0.3, 0.4) is 0 Å². The lowest BCUT2D eigenvalue weighted by molar-refractivity contribution is -0.380. The Morgan fingerprint density at radius 2 is 2.04 bits per heavy atom. The number of hydrogen-bond acceptors (Lipinski definition) is 5. The molecule has 25 heavy (non-hydrogen) atoms. The fourth-order valence-electron chi connectivity index (χ4n) is 2.64. The third-order valence-corrected chi connectivity index (χ3v) is 5.38. The summed E-state index contributed by atoms with van der Waals surface area (Å²) >= 11 is 13.0. The van der Waals surface area contributed by atoms with Crippen LogP contribution in [0, 0.1) is 10.1 Å². The Balaban J connectivity index is 1.89. The maximum atomic E-state index is 12.8. The van der Waals surface area contributed by atoms with Crippen LogP contribution in [0.25, 0.3) is 0 Å². The number of rotatable bonds is 4. The average Bonchev–Trinajstić information content (AvgIpc) is 3.07. The summed E-state index contributed by atoms with van der Waals surface area (Å²) in [7, 11) is 0. The van der Waals surface area contributed by atoms with Crippen LogP contribution in [0.1, 0.15) is 18.1 Å². The summed E-state index contributed by atoms with van der Waals surface area (Å²) in [6, 6.07) is 5.41. The molecule has 1 N–H and O–H groups in total. The Morgan fingerprint density at radius 3 is 2.64 bits per heavy atom. The second-order valence-electron chi connectivity index (χ2n) is 5.62. The molecule has 1 unspecified atom stereocenters. The smallest absolute Gasteiger partial charge is 0.319 e. The van der Waals surface area contributed by atoms with Crippen LogP contribution in [0.2, 0.25) is 10.0 Å². The number of nitrogens with one attached hydrogen (secondary N) is 1. The summed E-state index contributed by atoms with van der Waals surface area (Å²) in [5.74, 6) is -0.490. The number of urea groups is 1. The minimum Gasteiger partial charge on any atom is -0.319 e. The molecule has 2 heterocycles. The van der Waals surface area contributed by atoms with Gasteiger partial charge in [0.15, 0.2) is 0 Å². The van der Waals surface area contributed by atoms with Crippen LogP contribution in [0.5, 0.6) is 0 Å². The van der Waals surface area contributed by atoms with Crippen molar-refractivity contribution in [2.45, 2.75) is 19.0 Å². The minimum atomic E-state index is -1.33. The van der Waals surface area contributed by atoms with Crippen LogP contribution < -0.4 is 5.32 Å². The summed E-state index contributed by atoms with van der Waals surface area (Å²) < 4.78 is 0. The van der Waals surface area contributed by atoms with Gasteiger partial charge in [-0.25, -0.2) is 4.79 Å². The quantitative estimate of drug-likeness (QED) is 0.478. The fourth-order valence-corrected chi connectivity index (χ4v) is 3.96. The van der Waals surface area contributed by atoms with Crippen LogP contribution in [0.4, 0.5) is 9.80 Å². The van der Waals surface area contributed by atoms with Gasteiger partial charge in [0.2, 0.25) is 0 Å². The molecule has 0 bridgehead atoms. The van der Waals surface area contributed by atoms with E-state index in [9.17, 15) is 19.7 Å². The number of nitro groups is 1. The summed E-state index contributed by atoms with van der Waals surface area (Å²) in [5, 5.41) is 15.6. The summed E-state index contributed by atoms with van der Waals surface area (Å²) in [5.41, 5.74) is -0.400. The van der Waals surface area contributed by atoms with Gasteiger partial charge in [0, 0.05) is 27.1 Å². The van der Waals surface area contributed by atoms with Crippen molar-refractivity contribution >= 4 is 51.5 Å². The minimum absolute atomic E-state index is 0.0504. The summed E-state index contributed by atoms with van der Waals surface area (Å²) in [4.78, 5) is 36.4. The summed E-state index contributed by atoms with van der Waals surface area (Å²) in [6.45, 7) is 1.49. The second-order valence-corrected chi connectivity index (χ2v) is 7.35. The lowest BCUT2D eigenvalue weighted by Crippen LogP contribution is -2.41. The highest BCUT2D eigenvalue weighted by Gasteiger charge is 2.49. The van der Waals surface area contributed by atoms with Crippen molar-refractivity contribution in [2.24, 2.45) is 0 Å². The number of nitrogens with zero attached hydrogens (tertiary/aromatic N) is 2. The molecule has 1 aliphatic rings. The van der Waals surface area contributed by atoms with Crippen LogP contribution in [0.15, 0.2) is 29.6 Å². The number of carbonyl (C=O) groups is 2. The van der Waals surface area contributed by atoms with Crippen LogP contribution >= 0.6 is 34.5 Å². The Morgan fingerprint density at radius 1 is 1.32 bits per heavy atom. The van der Waals surface area contributed by atoms with E-state index in [1.54, 1.807) is 24.4 Å². The van der Waals surface area contributed by atoms with E-state index in [4.69, 9.17) is 23.2 Å². The van der Waals surface area contributed by atoms with Gasteiger partial charge in [-0.2, -0.15) is 0 Å². The van der Waals surface area contributed by atoms with Crippen LogP contribution in [-0.4, -0.2) is 21.8 Å². The van der Waals surface area contributed by atoms with Gasteiger partial charge in [0.25, 0.3) is 5.91 Å². The number of imide groups is 1. The van der Waals surface area contributed by atoms with Crippen molar-refractivity contribution in [3.63, 3.8) is 0 Å². The van der Waals surface area contributed by atoms with Gasteiger partial charge in [-0.3, -0.25) is 19.8 Å². The van der Waals surface area contributed by atoms with Crippen molar-refractivity contribution in [2.75, 3.05) is 0 Å². The molecular formula is C15H11Cl2N3O4S. The lowest BCUT2D eigenvalue weighted by atomic mass is 9.92. The zero-order chi connectivity index (χ0) is 18.4. The van der Waals surface area contributed by atoms with E-state index >= 15 is 0 Å². The molecule has 1 aromatic carbocycles. The van der Waals surface area contributed by atoms with Gasteiger partial charge >= 0.3 is 11.0 Å². The molecule has 1 aromatic heterocycles. The molecule has 130 valence electrons. The molecule has 1 aliphatic heterocycles. The van der Waals surface area contributed by atoms with E-state index in [-0.39, 0.29) is 16.6 Å². The monoisotopic (exact) mass is 399 g/mol. The first-order chi connectivity index (χ1) is 11.7. The van der Waals surface area contributed by atoms with Gasteiger partial charge in [-0.05, 0) is 24.6 Å². The SMILES string of the molecule is CC1(c2ccc(Cl)cc2Cl)NC(=O)N(Cc2csc([N+](=O)[O-])c2)C1=O. The maximum absolute atomic E-state index is 12.8. The first-order valence-corrected chi connectivity index (χ1v) is 8.67. The predicted octanol–water partition coefficient (Wildman–Crippen LogP) is 3.93. The molecule has 7 nitrogen and oxygen atoms in total. The molecule has 2 aromatic rings. The molecule has 1 saturated heterocycles. The van der Waals surface area contributed by atoms with E-state index in [2.05, 4.69) is 5.32 Å². The third kappa shape index (κ3) is 3.08. The van der Waals surface area contributed by atoms with Gasteiger partial charge in [-0.1, -0.05) is 40.6 Å². The van der Waals surface area contributed by atoms with E-state index in [1.165, 1.54) is 12.1 Å². The summed E-state index contributed by atoms with van der Waals surface area (Å²) in [6.07, 6.45) is 0. The highest BCUT2D eigenvalue weighted by Crippen LogP contribution is 2.36. The molecule has 0 radical (unpaired) electrons. The lowest BCUT2D eigenvalue weighted by Gasteiger charge is -2.23. The number of carbonyl (C=O) groups excluding carboxylic acids is 2. The van der Waals surface area contributed by atoms with Gasteiger partial charge in [0.05, 0.1) is 11.5 Å². The molecule has 1 fully saturated rings. The van der Waals surface area contributed by atoms with Crippen molar-refractivity contribution in [1.29, 1.82) is 0 Å². The molecule has 3 amide bonds. The number of thiophene rings is 1. The number of hydrogen-bond donors (Lipinski definition) is 1. The van der Waals surface area contributed by atoms with Gasteiger partial charge in [-0.15, -0.1) is 0 Å². The Labute approximate surface area is 156 Å². The molecule has 1 atom stereocenters. The first-order valence-electron chi connectivity index (χ1n) is 7.04.